The Labute approximate surface area is 118 Å². The molecule has 7 nitrogen and oxygen atoms in total. The van der Waals surface area contributed by atoms with Crippen molar-refractivity contribution in [1.29, 1.82) is 0 Å². The van der Waals surface area contributed by atoms with E-state index in [0.29, 0.717) is 11.4 Å². The van der Waals surface area contributed by atoms with Gasteiger partial charge in [0.25, 0.3) is 0 Å². The Morgan fingerprint density at radius 1 is 1.40 bits per heavy atom. The Morgan fingerprint density at radius 2 is 2.00 bits per heavy atom. The number of hydrogen-bond acceptors (Lipinski definition) is 5. The number of methoxy groups -OCH3 is 1. The maximum absolute atomic E-state index is 11.8. The molecular weight excluding hydrogens is 262 g/mol. The second kappa shape index (κ2) is 5.94. The Balaban J connectivity index is 2.74. The molecule has 0 saturated heterocycles. The van der Waals surface area contributed by atoms with E-state index in [1.54, 1.807) is 40.9 Å². The van der Waals surface area contributed by atoms with Crippen molar-refractivity contribution in [1.82, 2.24) is 14.7 Å². The fourth-order valence-electron chi connectivity index (χ4n) is 1.55. The average Bonchev–Trinajstić information content (AvgIpc) is 2.67. The van der Waals surface area contributed by atoms with Gasteiger partial charge in [0, 0.05) is 14.1 Å². The zero-order valence-corrected chi connectivity index (χ0v) is 12.8. The van der Waals surface area contributed by atoms with Gasteiger partial charge in [0.1, 0.15) is 11.3 Å². The molecule has 0 bridgehead atoms. The van der Waals surface area contributed by atoms with Gasteiger partial charge < -0.3 is 14.4 Å². The summed E-state index contributed by atoms with van der Waals surface area (Å²) in [5.41, 5.74) is 0.369. The minimum atomic E-state index is -0.549. The molecule has 20 heavy (non-hydrogen) atoms. The number of rotatable bonds is 3. The predicted octanol–water partition coefficient (Wildman–Crippen LogP) is 1.57. The van der Waals surface area contributed by atoms with Crippen molar-refractivity contribution in [2.75, 3.05) is 14.2 Å². The predicted molar refractivity (Wildman–Crippen MR) is 72.2 cm³/mol. The minimum absolute atomic E-state index is 0.250. The van der Waals surface area contributed by atoms with Crippen LogP contribution in [0.5, 0.6) is 0 Å². The van der Waals surface area contributed by atoms with Crippen molar-refractivity contribution in [3.05, 3.63) is 17.5 Å². The standard InChI is InChI=1S/C13H21N3O4/c1-13(2,3)20-12(18)15(4)8-9-7-10(11(17)19-6)16(5)14-9/h7H,8H2,1-6H3. The van der Waals surface area contributed by atoms with E-state index in [9.17, 15) is 9.59 Å². The van der Waals surface area contributed by atoms with E-state index in [-0.39, 0.29) is 6.54 Å². The first-order valence-corrected chi connectivity index (χ1v) is 6.19. The van der Waals surface area contributed by atoms with Gasteiger partial charge in [0.15, 0.2) is 0 Å². The highest BCUT2D eigenvalue weighted by Gasteiger charge is 2.21. The van der Waals surface area contributed by atoms with Crippen LogP contribution in [0.2, 0.25) is 0 Å². The molecular formula is C13H21N3O4. The molecule has 112 valence electrons. The van der Waals surface area contributed by atoms with Crippen LogP contribution in [0, 0.1) is 0 Å². The van der Waals surface area contributed by atoms with Crippen molar-refractivity contribution >= 4 is 12.1 Å². The van der Waals surface area contributed by atoms with Crippen LogP contribution in [0.3, 0.4) is 0 Å². The van der Waals surface area contributed by atoms with Gasteiger partial charge in [-0.1, -0.05) is 0 Å². The summed E-state index contributed by atoms with van der Waals surface area (Å²) in [4.78, 5) is 24.7. The first-order valence-electron chi connectivity index (χ1n) is 6.19. The van der Waals surface area contributed by atoms with E-state index in [1.165, 1.54) is 16.7 Å². The SMILES string of the molecule is COC(=O)c1cc(CN(C)C(=O)OC(C)(C)C)nn1C. The lowest BCUT2D eigenvalue weighted by Gasteiger charge is -2.24. The van der Waals surface area contributed by atoms with Gasteiger partial charge in [0.2, 0.25) is 0 Å². The van der Waals surface area contributed by atoms with Crippen molar-refractivity contribution in [2.24, 2.45) is 7.05 Å². The molecule has 0 radical (unpaired) electrons. The maximum atomic E-state index is 11.8. The number of carbonyl (C=O) groups is 2. The fraction of sp³-hybridized carbons (Fsp3) is 0.615. The summed E-state index contributed by atoms with van der Waals surface area (Å²) >= 11 is 0. The number of esters is 1. The lowest BCUT2D eigenvalue weighted by Crippen LogP contribution is -2.33. The van der Waals surface area contributed by atoms with Crippen LogP contribution in [0.25, 0.3) is 0 Å². The van der Waals surface area contributed by atoms with Crippen LogP contribution < -0.4 is 0 Å². The molecule has 0 aliphatic heterocycles. The third kappa shape index (κ3) is 4.25. The molecule has 1 amide bonds. The van der Waals surface area contributed by atoms with Gasteiger partial charge in [-0.2, -0.15) is 5.10 Å². The highest BCUT2D eigenvalue weighted by molar-refractivity contribution is 5.87. The van der Waals surface area contributed by atoms with Gasteiger partial charge in [-0.05, 0) is 26.8 Å². The number of amides is 1. The molecule has 0 fully saturated rings. The van der Waals surface area contributed by atoms with E-state index in [2.05, 4.69) is 9.84 Å². The molecule has 0 aliphatic rings. The summed E-state index contributed by atoms with van der Waals surface area (Å²) in [6.07, 6.45) is -0.442. The van der Waals surface area contributed by atoms with Crippen molar-refractivity contribution in [2.45, 2.75) is 32.9 Å². The third-order valence-electron chi connectivity index (χ3n) is 2.43. The zero-order chi connectivity index (χ0) is 15.5. The molecule has 0 N–H and O–H groups in total. The van der Waals surface area contributed by atoms with E-state index in [1.807, 2.05) is 0 Å². The molecule has 0 aromatic carbocycles. The van der Waals surface area contributed by atoms with E-state index >= 15 is 0 Å². The summed E-state index contributed by atoms with van der Waals surface area (Å²) in [7, 11) is 4.56. The summed E-state index contributed by atoms with van der Waals surface area (Å²) in [6.45, 7) is 5.65. The number of carbonyl (C=O) groups excluding carboxylic acids is 2. The summed E-state index contributed by atoms with van der Waals surface area (Å²) in [5.74, 6) is -0.467. The van der Waals surface area contributed by atoms with Gasteiger partial charge in [-0.15, -0.1) is 0 Å². The third-order valence-corrected chi connectivity index (χ3v) is 2.43. The molecule has 1 rings (SSSR count). The normalized spacial score (nSPS) is 11.1. The van der Waals surface area contributed by atoms with Crippen LogP contribution in [-0.4, -0.2) is 46.5 Å². The Morgan fingerprint density at radius 3 is 2.50 bits per heavy atom. The monoisotopic (exact) mass is 283 g/mol. The molecule has 1 heterocycles. The summed E-state index contributed by atoms with van der Waals surface area (Å²) < 4.78 is 11.3. The van der Waals surface area contributed by atoms with Crippen molar-refractivity contribution < 1.29 is 19.1 Å². The highest BCUT2D eigenvalue weighted by Crippen LogP contribution is 2.12. The second-order valence-electron chi connectivity index (χ2n) is 5.47. The molecule has 0 atom stereocenters. The van der Waals surface area contributed by atoms with Crippen molar-refractivity contribution in [3.8, 4) is 0 Å². The zero-order valence-electron chi connectivity index (χ0n) is 12.8. The second-order valence-corrected chi connectivity index (χ2v) is 5.47. The molecule has 7 heteroatoms. The Kier molecular flexibility index (Phi) is 4.75. The number of hydrogen-bond donors (Lipinski definition) is 0. The molecule has 0 unspecified atom stereocenters. The summed E-state index contributed by atoms with van der Waals surface area (Å²) in [5, 5.41) is 4.16. The lowest BCUT2D eigenvalue weighted by molar-refractivity contribution is 0.0282. The van der Waals surface area contributed by atoms with Crippen LogP contribution in [-0.2, 0) is 23.1 Å². The average molecular weight is 283 g/mol. The Bertz CT molecular complexity index is 502. The van der Waals surface area contributed by atoms with Gasteiger partial charge in [-0.25, -0.2) is 9.59 Å². The Hall–Kier alpha value is -2.05. The van der Waals surface area contributed by atoms with Crippen LogP contribution in [0.1, 0.15) is 37.0 Å². The van der Waals surface area contributed by atoms with Crippen LogP contribution in [0.4, 0.5) is 4.79 Å². The van der Waals surface area contributed by atoms with E-state index < -0.39 is 17.7 Å². The van der Waals surface area contributed by atoms with Gasteiger partial charge in [0.05, 0.1) is 19.3 Å². The number of nitrogens with zero attached hydrogens (tertiary/aromatic N) is 3. The van der Waals surface area contributed by atoms with E-state index in [0.717, 1.165) is 0 Å². The van der Waals surface area contributed by atoms with Crippen LogP contribution in [0.15, 0.2) is 6.07 Å². The van der Waals surface area contributed by atoms with Crippen LogP contribution >= 0.6 is 0 Å². The quantitative estimate of drug-likeness (QED) is 0.787. The summed E-state index contributed by atoms with van der Waals surface area (Å²) in [6, 6.07) is 1.59. The number of aryl methyl sites for hydroxylation is 1. The van der Waals surface area contributed by atoms with Gasteiger partial charge in [-0.3, -0.25) is 4.68 Å². The lowest BCUT2D eigenvalue weighted by atomic mass is 10.2. The molecule has 1 aromatic heterocycles. The molecule has 0 saturated carbocycles. The molecule has 0 spiro atoms. The number of ether oxygens (including phenoxy) is 2. The fourth-order valence-corrected chi connectivity index (χ4v) is 1.55. The highest BCUT2D eigenvalue weighted by atomic mass is 16.6. The topological polar surface area (TPSA) is 73.7 Å². The first kappa shape index (κ1) is 16.0. The maximum Gasteiger partial charge on any atom is 0.410 e. The van der Waals surface area contributed by atoms with Crippen molar-refractivity contribution in [3.63, 3.8) is 0 Å². The number of aromatic nitrogens is 2. The molecule has 1 aromatic rings. The largest absolute Gasteiger partial charge is 0.464 e. The minimum Gasteiger partial charge on any atom is -0.464 e. The molecule has 0 aliphatic carbocycles. The smallest absolute Gasteiger partial charge is 0.410 e. The van der Waals surface area contributed by atoms with Gasteiger partial charge >= 0.3 is 12.1 Å². The van der Waals surface area contributed by atoms with E-state index in [4.69, 9.17) is 4.74 Å². The first-order chi connectivity index (χ1) is 9.14.